The lowest BCUT2D eigenvalue weighted by molar-refractivity contribution is 0.0376. The molecule has 2 aromatic carbocycles. The second kappa shape index (κ2) is 8.98. The number of aromatic nitrogens is 1. The third-order valence-electron chi connectivity index (χ3n) is 5.07. The summed E-state index contributed by atoms with van der Waals surface area (Å²) in [5.41, 5.74) is 2.45. The number of morpholine rings is 1. The van der Waals surface area contributed by atoms with Crippen LogP contribution >= 0.6 is 11.3 Å². The van der Waals surface area contributed by atoms with Gasteiger partial charge in [0.1, 0.15) is 5.82 Å². The zero-order valence-electron chi connectivity index (χ0n) is 16.4. The molecule has 0 saturated carbocycles. The number of fused-ring (bicyclic) bond motifs is 1. The van der Waals surface area contributed by atoms with Gasteiger partial charge >= 0.3 is 0 Å². The summed E-state index contributed by atoms with van der Waals surface area (Å²) >= 11 is 1.35. The number of ether oxygens (including phenoxy) is 1. The monoisotopic (exact) mass is 413 g/mol. The van der Waals surface area contributed by atoms with E-state index < -0.39 is 0 Å². The Balaban J connectivity index is 1.56. The summed E-state index contributed by atoms with van der Waals surface area (Å²) in [5.74, 6) is -0.372. The predicted octanol–water partition coefficient (Wildman–Crippen LogP) is 4.11. The lowest BCUT2D eigenvalue weighted by atomic mass is 10.1. The summed E-state index contributed by atoms with van der Waals surface area (Å²) in [7, 11) is 0. The Morgan fingerprint density at radius 3 is 2.72 bits per heavy atom. The van der Waals surface area contributed by atoms with E-state index in [1.54, 1.807) is 11.0 Å². The van der Waals surface area contributed by atoms with E-state index >= 15 is 0 Å². The molecule has 1 aliphatic rings. The van der Waals surface area contributed by atoms with Crippen LogP contribution in [0.4, 0.5) is 9.52 Å². The van der Waals surface area contributed by atoms with Crippen molar-refractivity contribution in [2.45, 2.75) is 13.3 Å². The minimum absolute atomic E-state index is 0.0773. The Labute approximate surface area is 173 Å². The van der Waals surface area contributed by atoms with E-state index in [0.29, 0.717) is 22.8 Å². The predicted molar refractivity (Wildman–Crippen MR) is 114 cm³/mol. The molecule has 0 spiro atoms. The summed E-state index contributed by atoms with van der Waals surface area (Å²) in [6.45, 7) is 6.83. The number of amides is 1. The molecule has 4 rings (SSSR count). The first kappa shape index (κ1) is 19.9. The van der Waals surface area contributed by atoms with Crippen molar-refractivity contribution in [1.82, 2.24) is 9.88 Å². The van der Waals surface area contributed by atoms with Crippen LogP contribution in [0.25, 0.3) is 10.2 Å². The molecule has 2 heterocycles. The topological polar surface area (TPSA) is 45.7 Å². The van der Waals surface area contributed by atoms with Crippen LogP contribution in [0.5, 0.6) is 0 Å². The van der Waals surface area contributed by atoms with E-state index in [1.807, 2.05) is 31.2 Å². The summed E-state index contributed by atoms with van der Waals surface area (Å²) in [6, 6.07) is 12.1. The van der Waals surface area contributed by atoms with E-state index in [1.165, 1.54) is 23.5 Å². The molecule has 0 radical (unpaired) electrons. The number of thiazole rings is 1. The largest absolute Gasteiger partial charge is 0.379 e. The van der Waals surface area contributed by atoms with Crippen LogP contribution in [0.3, 0.4) is 0 Å². The fourth-order valence-electron chi connectivity index (χ4n) is 3.41. The normalized spacial score (nSPS) is 15.0. The summed E-state index contributed by atoms with van der Waals surface area (Å²) in [6.07, 6.45) is 0.835. The number of anilines is 1. The quantitative estimate of drug-likeness (QED) is 0.610. The number of hydrogen-bond donors (Lipinski definition) is 0. The Morgan fingerprint density at radius 2 is 1.97 bits per heavy atom. The molecule has 1 aliphatic heterocycles. The number of halogens is 1. The van der Waals surface area contributed by atoms with Crippen LogP contribution in [0.15, 0.2) is 42.5 Å². The average molecular weight is 414 g/mol. The SMILES string of the molecule is Cc1ccc(C(=O)N(CCCN2CCOCC2)c2nc3ccc(F)cc3s2)cc1. The smallest absolute Gasteiger partial charge is 0.260 e. The number of aryl methyl sites for hydroxylation is 1. The molecular weight excluding hydrogens is 389 g/mol. The highest BCUT2D eigenvalue weighted by Gasteiger charge is 2.22. The minimum atomic E-state index is -0.295. The van der Waals surface area contributed by atoms with Crippen molar-refractivity contribution in [3.8, 4) is 0 Å². The summed E-state index contributed by atoms with van der Waals surface area (Å²) in [5, 5.41) is 0.609. The second-order valence-electron chi connectivity index (χ2n) is 7.24. The van der Waals surface area contributed by atoms with Crippen LogP contribution in [-0.2, 0) is 4.74 Å². The molecule has 0 atom stereocenters. The molecule has 5 nitrogen and oxygen atoms in total. The van der Waals surface area contributed by atoms with Gasteiger partial charge in [0.2, 0.25) is 0 Å². The van der Waals surface area contributed by atoms with Crippen LogP contribution in [0.1, 0.15) is 22.3 Å². The van der Waals surface area contributed by atoms with Gasteiger partial charge in [0.05, 0.1) is 23.4 Å². The van der Waals surface area contributed by atoms with Crippen LogP contribution in [-0.4, -0.2) is 55.2 Å². The third kappa shape index (κ3) is 4.80. The lowest BCUT2D eigenvalue weighted by Crippen LogP contribution is -2.39. The fourth-order valence-corrected chi connectivity index (χ4v) is 4.43. The Hall–Kier alpha value is -2.35. The van der Waals surface area contributed by atoms with Crippen molar-refractivity contribution in [2.75, 3.05) is 44.3 Å². The molecule has 1 aromatic heterocycles. The van der Waals surface area contributed by atoms with Crippen molar-refractivity contribution in [2.24, 2.45) is 0 Å². The maximum absolute atomic E-state index is 13.6. The van der Waals surface area contributed by atoms with Gasteiger partial charge in [-0.2, -0.15) is 0 Å². The van der Waals surface area contributed by atoms with Gasteiger partial charge in [-0.05, 0) is 43.7 Å². The van der Waals surface area contributed by atoms with Gasteiger partial charge in [-0.15, -0.1) is 0 Å². The third-order valence-corrected chi connectivity index (χ3v) is 6.11. The van der Waals surface area contributed by atoms with E-state index in [2.05, 4.69) is 9.88 Å². The highest BCUT2D eigenvalue weighted by Crippen LogP contribution is 2.30. The van der Waals surface area contributed by atoms with Crippen LogP contribution in [0.2, 0.25) is 0 Å². The zero-order valence-corrected chi connectivity index (χ0v) is 17.3. The number of hydrogen-bond acceptors (Lipinski definition) is 5. The Morgan fingerprint density at radius 1 is 1.21 bits per heavy atom. The number of carbonyl (C=O) groups excluding carboxylic acids is 1. The van der Waals surface area contributed by atoms with Gasteiger partial charge in [-0.1, -0.05) is 29.0 Å². The maximum Gasteiger partial charge on any atom is 0.260 e. The van der Waals surface area contributed by atoms with Crippen molar-refractivity contribution in [1.29, 1.82) is 0 Å². The summed E-state index contributed by atoms with van der Waals surface area (Å²) < 4.78 is 19.7. The van der Waals surface area contributed by atoms with Gasteiger partial charge in [0.25, 0.3) is 5.91 Å². The van der Waals surface area contributed by atoms with Gasteiger partial charge < -0.3 is 4.74 Å². The Bertz CT molecular complexity index is 983. The molecule has 29 heavy (non-hydrogen) atoms. The van der Waals surface area contributed by atoms with E-state index in [-0.39, 0.29) is 11.7 Å². The zero-order chi connectivity index (χ0) is 20.2. The van der Waals surface area contributed by atoms with Crippen LogP contribution in [0, 0.1) is 12.7 Å². The number of rotatable bonds is 6. The number of benzene rings is 2. The molecule has 0 aliphatic carbocycles. The molecule has 1 saturated heterocycles. The first-order chi connectivity index (χ1) is 14.1. The molecule has 152 valence electrons. The van der Waals surface area contributed by atoms with Crippen molar-refractivity contribution < 1.29 is 13.9 Å². The highest BCUT2D eigenvalue weighted by molar-refractivity contribution is 7.22. The first-order valence-corrected chi connectivity index (χ1v) is 10.7. The van der Waals surface area contributed by atoms with Gasteiger partial charge in [-0.25, -0.2) is 9.37 Å². The average Bonchev–Trinajstić information content (AvgIpc) is 3.15. The molecule has 7 heteroatoms. The molecular formula is C22H24FN3O2S. The van der Waals surface area contributed by atoms with Crippen molar-refractivity contribution >= 4 is 32.6 Å². The lowest BCUT2D eigenvalue weighted by Gasteiger charge is -2.27. The van der Waals surface area contributed by atoms with E-state index in [9.17, 15) is 9.18 Å². The molecule has 0 N–H and O–H groups in total. The molecule has 1 amide bonds. The molecule has 0 bridgehead atoms. The van der Waals surface area contributed by atoms with Crippen molar-refractivity contribution in [3.63, 3.8) is 0 Å². The molecule has 1 fully saturated rings. The number of carbonyl (C=O) groups is 1. The molecule has 3 aromatic rings. The van der Waals surface area contributed by atoms with Gasteiger partial charge in [-0.3, -0.25) is 14.6 Å². The maximum atomic E-state index is 13.6. The Kier molecular flexibility index (Phi) is 6.18. The second-order valence-corrected chi connectivity index (χ2v) is 8.25. The number of nitrogens with zero attached hydrogens (tertiary/aromatic N) is 3. The fraction of sp³-hybridized carbons (Fsp3) is 0.364. The summed E-state index contributed by atoms with van der Waals surface area (Å²) in [4.78, 5) is 22.0. The highest BCUT2D eigenvalue weighted by atomic mass is 32.1. The van der Waals surface area contributed by atoms with E-state index in [4.69, 9.17) is 4.74 Å². The van der Waals surface area contributed by atoms with E-state index in [0.717, 1.165) is 49.5 Å². The van der Waals surface area contributed by atoms with Gasteiger partial charge in [0.15, 0.2) is 5.13 Å². The first-order valence-electron chi connectivity index (χ1n) is 9.85. The van der Waals surface area contributed by atoms with Gasteiger partial charge in [0, 0.05) is 31.7 Å². The van der Waals surface area contributed by atoms with Crippen LogP contribution < -0.4 is 4.90 Å². The minimum Gasteiger partial charge on any atom is -0.379 e. The molecule has 0 unspecified atom stereocenters. The van der Waals surface area contributed by atoms with Crippen molar-refractivity contribution in [3.05, 3.63) is 59.4 Å². The standard InChI is InChI=1S/C22H24FN3O2S/c1-16-3-5-17(6-4-16)21(27)26(10-2-9-25-11-13-28-14-12-25)22-24-19-8-7-18(23)15-20(19)29-22/h3-8,15H,2,9-14H2,1H3.